The summed E-state index contributed by atoms with van der Waals surface area (Å²) in [5.41, 5.74) is 1.32. The third kappa shape index (κ3) is 4.87. The summed E-state index contributed by atoms with van der Waals surface area (Å²) >= 11 is 1.53. The highest BCUT2D eigenvalue weighted by atomic mass is 32.1. The first-order valence-corrected chi connectivity index (χ1v) is 8.06. The van der Waals surface area contributed by atoms with Crippen LogP contribution in [0.4, 0.5) is 5.13 Å². The van der Waals surface area contributed by atoms with Gasteiger partial charge in [-0.3, -0.25) is 9.69 Å². The Hall–Kier alpha value is -0.940. The van der Waals surface area contributed by atoms with Gasteiger partial charge >= 0.3 is 0 Å². The van der Waals surface area contributed by atoms with Crippen LogP contribution in [0.25, 0.3) is 0 Å². The number of amides is 1. The molecule has 0 saturated carbocycles. The van der Waals surface area contributed by atoms with E-state index in [4.69, 9.17) is 0 Å². The number of carbonyl (C=O) groups excluding carboxylic acids is 1. The molecule has 0 radical (unpaired) electrons. The van der Waals surface area contributed by atoms with Gasteiger partial charge in [-0.05, 0) is 24.8 Å². The number of rotatable bonds is 6. The average Bonchev–Trinajstić information content (AvgIpc) is 2.76. The Morgan fingerprint density at radius 1 is 1.50 bits per heavy atom. The van der Waals surface area contributed by atoms with Gasteiger partial charge in [0.05, 0.1) is 5.69 Å². The molecule has 0 aliphatic heterocycles. The van der Waals surface area contributed by atoms with Gasteiger partial charge in [-0.25, -0.2) is 4.98 Å². The minimum Gasteiger partial charge on any atom is -0.311 e. The first-order valence-electron chi connectivity index (χ1n) is 7.19. The standard InChI is InChI=1S/C15H27N3OS/c1-7-18(12(3)19)14-17-13(10-20-14)9-16-8-11(2)15(4,5)6/h10-11,16H,7-9H2,1-6H3. The number of nitrogens with zero attached hydrogens (tertiary/aromatic N) is 2. The fraction of sp³-hybridized carbons (Fsp3) is 0.733. The van der Waals surface area contributed by atoms with E-state index in [-0.39, 0.29) is 5.91 Å². The van der Waals surface area contributed by atoms with Crippen LogP contribution in [0.2, 0.25) is 0 Å². The lowest BCUT2D eigenvalue weighted by atomic mass is 9.82. The van der Waals surface area contributed by atoms with E-state index in [2.05, 4.69) is 38.0 Å². The Morgan fingerprint density at radius 2 is 2.15 bits per heavy atom. The summed E-state index contributed by atoms with van der Waals surface area (Å²) in [5, 5.41) is 6.26. The van der Waals surface area contributed by atoms with E-state index in [0.29, 0.717) is 17.9 Å². The van der Waals surface area contributed by atoms with Gasteiger partial charge in [-0.2, -0.15) is 0 Å². The fourth-order valence-electron chi connectivity index (χ4n) is 1.72. The van der Waals surface area contributed by atoms with Crippen LogP contribution in [-0.4, -0.2) is 24.0 Å². The van der Waals surface area contributed by atoms with Crippen LogP contribution >= 0.6 is 11.3 Å². The van der Waals surface area contributed by atoms with Crippen molar-refractivity contribution in [2.75, 3.05) is 18.0 Å². The van der Waals surface area contributed by atoms with Crippen LogP contribution in [0.5, 0.6) is 0 Å². The third-order valence-corrected chi connectivity index (χ3v) is 4.61. The Kier molecular flexibility index (Phi) is 6.14. The van der Waals surface area contributed by atoms with Crippen LogP contribution in [0.1, 0.15) is 47.2 Å². The van der Waals surface area contributed by atoms with Crippen molar-refractivity contribution in [3.05, 3.63) is 11.1 Å². The second-order valence-electron chi connectivity index (χ2n) is 6.28. The minimum atomic E-state index is 0.0442. The molecule has 0 aromatic carbocycles. The third-order valence-electron chi connectivity index (χ3n) is 3.70. The average molecular weight is 297 g/mol. The van der Waals surface area contributed by atoms with Crippen molar-refractivity contribution < 1.29 is 4.79 Å². The van der Waals surface area contributed by atoms with Crippen molar-refractivity contribution in [1.29, 1.82) is 0 Å². The molecular formula is C15H27N3OS. The summed E-state index contributed by atoms with van der Waals surface area (Å²) < 4.78 is 0. The second kappa shape index (κ2) is 7.18. The molecule has 20 heavy (non-hydrogen) atoms. The first kappa shape index (κ1) is 17.1. The number of hydrogen-bond donors (Lipinski definition) is 1. The van der Waals surface area contributed by atoms with Gasteiger partial charge < -0.3 is 5.32 Å². The summed E-state index contributed by atoms with van der Waals surface area (Å²) in [6.07, 6.45) is 0. The summed E-state index contributed by atoms with van der Waals surface area (Å²) in [4.78, 5) is 17.7. The van der Waals surface area contributed by atoms with Crippen molar-refractivity contribution in [3.8, 4) is 0 Å². The summed E-state index contributed by atoms with van der Waals surface area (Å²) in [5.74, 6) is 0.646. The van der Waals surface area contributed by atoms with Gasteiger partial charge in [0.1, 0.15) is 0 Å². The Bertz CT molecular complexity index is 437. The number of hydrogen-bond acceptors (Lipinski definition) is 4. The number of thiazole rings is 1. The lowest BCUT2D eigenvalue weighted by Gasteiger charge is -2.27. The Balaban J connectivity index is 2.51. The maximum absolute atomic E-state index is 11.5. The quantitative estimate of drug-likeness (QED) is 0.876. The highest BCUT2D eigenvalue weighted by Crippen LogP contribution is 2.24. The van der Waals surface area contributed by atoms with E-state index in [1.54, 1.807) is 11.8 Å². The van der Waals surface area contributed by atoms with Crippen molar-refractivity contribution in [2.45, 2.75) is 48.1 Å². The van der Waals surface area contributed by atoms with Crippen LogP contribution in [0, 0.1) is 11.3 Å². The summed E-state index contributed by atoms with van der Waals surface area (Å²) in [6.45, 7) is 15.0. The molecule has 1 heterocycles. The van der Waals surface area contributed by atoms with E-state index in [0.717, 1.165) is 23.9 Å². The maximum atomic E-state index is 11.5. The molecule has 1 aromatic heterocycles. The highest BCUT2D eigenvalue weighted by Gasteiger charge is 2.19. The SMILES string of the molecule is CCN(C(C)=O)c1nc(CNCC(C)C(C)(C)C)cs1. The first-order chi connectivity index (χ1) is 9.25. The van der Waals surface area contributed by atoms with E-state index < -0.39 is 0 Å². The Labute approximate surface area is 126 Å². The van der Waals surface area contributed by atoms with Gasteiger partial charge in [0.2, 0.25) is 5.91 Å². The van der Waals surface area contributed by atoms with Crippen LogP contribution < -0.4 is 10.2 Å². The van der Waals surface area contributed by atoms with E-state index >= 15 is 0 Å². The number of aromatic nitrogens is 1. The number of anilines is 1. The molecule has 1 unspecified atom stereocenters. The molecule has 0 bridgehead atoms. The molecular weight excluding hydrogens is 270 g/mol. The molecule has 0 saturated heterocycles. The van der Waals surface area contributed by atoms with Gasteiger partial charge in [-0.1, -0.05) is 27.7 Å². The van der Waals surface area contributed by atoms with Crippen molar-refractivity contribution in [2.24, 2.45) is 11.3 Å². The summed E-state index contributed by atoms with van der Waals surface area (Å²) in [7, 11) is 0. The van der Waals surface area contributed by atoms with Crippen LogP contribution in [0.15, 0.2) is 5.38 Å². The minimum absolute atomic E-state index is 0.0442. The molecule has 1 rings (SSSR count). The predicted octanol–water partition coefficient (Wildman–Crippen LogP) is 3.29. The maximum Gasteiger partial charge on any atom is 0.225 e. The molecule has 1 amide bonds. The Morgan fingerprint density at radius 3 is 2.65 bits per heavy atom. The highest BCUT2D eigenvalue weighted by molar-refractivity contribution is 7.14. The second-order valence-corrected chi connectivity index (χ2v) is 7.12. The molecule has 1 aromatic rings. The molecule has 114 valence electrons. The zero-order valence-electron chi connectivity index (χ0n) is 13.5. The molecule has 4 nitrogen and oxygen atoms in total. The van der Waals surface area contributed by atoms with E-state index in [1.807, 2.05) is 12.3 Å². The number of nitrogens with one attached hydrogen (secondary N) is 1. The van der Waals surface area contributed by atoms with E-state index in [9.17, 15) is 4.79 Å². The smallest absolute Gasteiger partial charge is 0.225 e. The number of carbonyl (C=O) groups is 1. The summed E-state index contributed by atoms with van der Waals surface area (Å²) in [6, 6.07) is 0. The van der Waals surface area contributed by atoms with E-state index in [1.165, 1.54) is 11.3 Å². The zero-order chi connectivity index (χ0) is 15.3. The predicted molar refractivity (Wildman–Crippen MR) is 86.1 cm³/mol. The van der Waals surface area contributed by atoms with Crippen LogP contribution in [0.3, 0.4) is 0 Å². The van der Waals surface area contributed by atoms with Gasteiger partial charge in [0.15, 0.2) is 5.13 Å². The lowest BCUT2D eigenvalue weighted by molar-refractivity contribution is -0.116. The molecule has 0 fully saturated rings. The molecule has 0 aliphatic carbocycles. The monoisotopic (exact) mass is 297 g/mol. The largest absolute Gasteiger partial charge is 0.311 e. The van der Waals surface area contributed by atoms with Crippen molar-refractivity contribution in [3.63, 3.8) is 0 Å². The zero-order valence-corrected chi connectivity index (χ0v) is 14.3. The molecule has 5 heteroatoms. The van der Waals surface area contributed by atoms with Gasteiger partial charge in [-0.15, -0.1) is 11.3 Å². The molecule has 1 atom stereocenters. The molecule has 0 aliphatic rings. The molecule has 0 spiro atoms. The normalized spacial score (nSPS) is 13.3. The van der Waals surface area contributed by atoms with Gasteiger partial charge in [0.25, 0.3) is 0 Å². The fourth-order valence-corrected chi connectivity index (χ4v) is 2.65. The molecule has 1 N–H and O–H groups in total. The van der Waals surface area contributed by atoms with Crippen molar-refractivity contribution in [1.82, 2.24) is 10.3 Å². The van der Waals surface area contributed by atoms with Crippen LogP contribution in [-0.2, 0) is 11.3 Å². The lowest BCUT2D eigenvalue weighted by Crippen LogP contribution is -2.29. The van der Waals surface area contributed by atoms with Crippen molar-refractivity contribution >= 4 is 22.4 Å². The topological polar surface area (TPSA) is 45.2 Å². The van der Waals surface area contributed by atoms with Gasteiger partial charge in [0, 0.05) is 25.4 Å².